The maximum atomic E-state index is 3.07. The van der Waals surface area contributed by atoms with Crippen LogP contribution in [0.25, 0.3) is 0 Å². The van der Waals surface area contributed by atoms with Crippen LogP contribution in [-0.2, 0) is 44.5 Å². The third kappa shape index (κ3) is 3.30. The monoisotopic (exact) mass is 312 g/mol. The number of rotatable bonds is 3. The van der Waals surface area contributed by atoms with Gasteiger partial charge in [0, 0.05) is 32.7 Å². The van der Waals surface area contributed by atoms with Crippen LogP contribution in [0.3, 0.4) is 0 Å². The second-order valence-corrected chi connectivity index (χ2v) is 4.96. The van der Waals surface area contributed by atoms with Gasteiger partial charge in [0.2, 0.25) is 0 Å². The Balaban J connectivity index is 0.00000162. The van der Waals surface area contributed by atoms with Gasteiger partial charge in [-0.15, -0.1) is 5.56 Å². The van der Waals surface area contributed by atoms with E-state index < -0.39 is 0 Å². The smallest absolute Gasteiger partial charge is 0 e. The Kier molecular flexibility index (Phi) is 5.75. The molecule has 0 saturated heterocycles. The van der Waals surface area contributed by atoms with Gasteiger partial charge in [0.15, 0.2) is 0 Å². The standard InChI is InChI=1S/C17H19.Y/c1-4-14-10-12-16(13-11-14)17(2,3)15-8-6-5-7-9-15;/h6-13H,4H2,1-3H3;/q-1;. The maximum absolute atomic E-state index is 3.07. The summed E-state index contributed by atoms with van der Waals surface area (Å²) in [5, 5.41) is 0. The van der Waals surface area contributed by atoms with Crippen molar-refractivity contribution in [3.63, 3.8) is 0 Å². The van der Waals surface area contributed by atoms with Crippen molar-refractivity contribution in [2.45, 2.75) is 32.6 Å². The summed E-state index contributed by atoms with van der Waals surface area (Å²) < 4.78 is 0. The average Bonchev–Trinajstić information content (AvgIpc) is 2.40. The minimum atomic E-state index is 0. The molecule has 0 aliphatic carbocycles. The second-order valence-electron chi connectivity index (χ2n) is 4.96. The van der Waals surface area contributed by atoms with E-state index in [9.17, 15) is 0 Å². The summed E-state index contributed by atoms with van der Waals surface area (Å²) in [5.41, 5.74) is 4.15. The number of benzene rings is 2. The second kappa shape index (κ2) is 6.64. The summed E-state index contributed by atoms with van der Waals surface area (Å²) in [6.45, 7) is 6.72. The summed E-state index contributed by atoms with van der Waals surface area (Å²) in [7, 11) is 0. The van der Waals surface area contributed by atoms with E-state index >= 15 is 0 Å². The Labute approximate surface area is 136 Å². The first-order chi connectivity index (χ1) is 8.14. The average molecular weight is 312 g/mol. The van der Waals surface area contributed by atoms with Crippen LogP contribution in [0.1, 0.15) is 37.5 Å². The molecule has 1 radical (unpaired) electrons. The molecule has 0 aromatic heterocycles. The van der Waals surface area contributed by atoms with Crippen molar-refractivity contribution in [2.75, 3.05) is 0 Å². The molecular formula is C17H19Y-. The van der Waals surface area contributed by atoms with Crippen LogP contribution in [0.5, 0.6) is 0 Å². The van der Waals surface area contributed by atoms with E-state index in [0.29, 0.717) is 0 Å². The van der Waals surface area contributed by atoms with Gasteiger partial charge in [0.05, 0.1) is 0 Å². The van der Waals surface area contributed by atoms with Crippen LogP contribution in [0, 0.1) is 6.07 Å². The first-order valence-corrected chi connectivity index (χ1v) is 6.20. The van der Waals surface area contributed by atoms with Crippen molar-refractivity contribution in [3.05, 3.63) is 71.3 Å². The van der Waals surface area contributed by atoms with Gasteiger partial charge in [-0.25, -0.2) is 0 Å². The fraction of sp³-hybridized carbons (Fsp3) is 0.294. The molecule has 0 aliphatic heterocycles. The van der Waals surface area contributed by atoms with Crippen molar-refractivity contribution in [3.8, 4) is 0 Å². The minimum Gasteiger partial charge on any atom is -0.184 e. The van der Waals surface area contributed by atoms with Gasteiger partial charge in [-0.3, -0.25) is 0 Å². The first kappa shape index (κ1) is 15.6. The topological polar surface area (TPSA) is 0 Å². The Morgan fingerprint density at radius 1 is 0.889 bits per heavy atom. The number of aryl methyl sites for hydroxylation is 1. The molecule has 1 heteroatoms. The van der Waals surface area contributed by atoms with Crippen molar-refractivity contribution >= 4 is 0 Å². The summed E-state index contributed by atoms with van der Waals surface area (Å²) in [5.74, 6) is 0. The quantitative estimate of drug-likeness (QED) is 0.738. The van der Waals surface area contributed by atoms with E-state index in [0.717, 1.165) is 6.42 Å². The molecule has 0 fully saturated rings. The van der Waals surface area contributed by atoms with Crippen molar-refractivity contribution in [2.24, 2.45) is 0 Å². The molecule has 0 aliphatic rings. The Morgan fingerprint density at radius 2 is 1.39 bits per heavy atom. The van der Waals surface area contributed by atoms with E-state index in [-0.39, 0.29) is 38.1 Å². The van der Waals surface area contributed by atoms with Gasteiger partial charge in [0.1, 0.15) is 0 Å². The van der Waals surface area contributed by atoms with Crippen LogP contribution in [0.2, 0.25) is 0 Å². The molecule has 91 valence electrons. The Hall–Kier alpha value is -0.456. The van der Waals surface area contributed by atoms with E-state index in [1.54, 1.807) is 0 Å². The zero-order valence-corrected chi connectivity index (χ0v) is 14.2. The predicted molar refractivity (Wildman–Crippen MR) is 73.2 cm³/mol. The van der Waals surface area contributed by atoms with E-state index in [2.05, 4.69) is 63.2 Å². The molecule has 2 aromatic rings. The Bertz CT molecular complexity index is 469. The maximum Gasteiger partial charge on any atom is 0 e. The minimum absolute atomic E-state index is 0. The van der Waals surface area contributed by atoms with Crippen molar-refractivity contribution in [1.29, 1.82) is 0 Å². The summed E-state index contributed by atoms with van der Waals surface area (Å²) in [6, 6.07) is 20.3. The van der Waals surface area contributed by atoms with Crippen LogP contribution in [0.4, 0.5) is 0 Å². The zero-order chi connectivity index (χ0) is 12.3. The third-order valence-corrected chi connectivity index (χ3v) is 3.52. The van der Waals surface area contributed by atoms with Gasteiger partial charge < -0.3 is 0 Å². The molecule has 0 heterocycles. The van der Waals surface area contributed by atoms with E-state index in [1.807, 2.05) is 12.1 Å². The fourth-order valence-electron chi connectivity index (χ4n) is 2.13. The molecule has 0 amide bonds. The molecule has 2 rings (SSSR count). The van der Waals surface area contributed by atoms with Crippen molar-refractivity contribution < 1.29 is 32.7 Å². The molecule has 0 saturated carbocycles. The van der Waals surface area contributed by atoms with Crippen molar-refractivity contribution in [1.82, 2.24) is 0 Å². The molecule has 0 spiro atoms. The summed E-state index contributed by atoms with van der Waals surface area (Å²) in [4.78, 5) is 0. The van der Waals surface area contributed by atoms with E-state index in [4.69, 9.17) is 0 Å². The van der Waals surface area contributed by atoms with Gasteiger partial charge in [-0.1, -0.05) is 45.0 Å². The number of hydrogen-bond donors (Lipinski definition) is 0. The molecule has 2 aromatic carbocycles. The molecule has 18 heavy (non-hydrogen) atoms. The van der Waals surface area contributed by atoms with Crippen LogP contribution in [0.15, 0.2) is 48.5 Å². The van der Waals surface area contributed by atoms with Gasteiger partial charge >= 0.3 is 0 Å². The number of hydrogen-bond acceptors (Lipinski definition) is 0. The van der Waals surface area contributed by atoms with Gasteiger partial charge in [0.25, 0.3) is 0 Å². The molecular weight excluding hydrogens is 293 g/mol. The summed E-state index contributed by atoms with van der Waals surface area (Å²) in [6.07, 6.45) is 1.10. The Morgan fingerprint density at radius 3 is 1.89 bits per heavy atom. The van der Waals surface area contributed by atoms with Gasteiger partial charge in [-0.05, 0) is 23.0 Å². The SMILES string of the molecule is CCc1ccc(C(C)(C)c2cc[c-]cc2)cc1.[Y]. The summed E-state index contributed by atoms with van der Waals surface area (Å²) >= 11 is 0. The van der Waals surface area contributed by atoms with Gasteiger partial charge in [-0.2, -0.15) is 30.3 Å². The predicted octanol–water partition coefficient (Wildman–Crippen LogP) is 4.37. The molecule has 0 N–H and O–H groups in total. The van der Waals surface area contributed by atoms with Crippen LogP contribution in [-0.4, -0.2) is 0 Å². The van der Waals surface area contributed by atoms with Crippen LogP contribution < -0.4 is 0 Å². The largest absolute Gasteiger partial charge is 0.184 e. The normalized spacial score (nSPS) is 10.8. The molecule has 0 atom stereocenters. The van der Waals surface area contributed by atoms with Crippen LogP contribution >= 0.6 is 0 Å². The first-order valence-electron chi connectivity index (χ1n) is 6.20. The third-order valence-electron chi connectivity index (χ3n) is 3.52. The molecule has 0 unspecified atom stereocenters. The fourth-order valence-corrected chi connectivity index (χ4v) is 2.13. The van der Waals surface area contributed by atoms with E-state index in [1.165, 1.54) is 16.7 Å². The molecule has 0 nitrogen and oxygen atoms in total. The zero-order valence-electron chi connectivity index (χ0n) is 11.4. The molecule has 0 bridgehead atoms.